The summed E-state index contributed by atoms with van der Waals surface area (Å²) < 4.78 is 6.02. The summed E-state index contributed by atoms with van der Waals surface area (Å²) in [6, 6.07) is 16.3. The second-order valence-electron chi connectivity index (χ2n) is 5.38. The third kappa shape index (κ3) is 2.87. The Kier molecular flexibility index (Phi) is 3.50. The van der Waals surface area contributed by atoms with Gasteiger partial charge in [0.05, 0.1) is 6.54 Å². The second-order valence-corrected chi connectivity index (χ2v) is 5.38. The average Bonchev–Trinajstić information content (AvgIpc) is 2.90. The van der Waals surface area contributed by atoms with Gasteiger partial charge in [0.25, 0.3) is 0 Å². The van der Waals surface area contributed by atoms with Gasteiger partial charge in [0.2, 0.25) is 0 Å². The van der Waals surface area contributed by atoms with E-state index in [1.807, 2.05) is 24.3 Å². The third-order valence-corrected chi connectivity index (χ3v) is 3.69. The number of anilines is 2. The van der Waals surface area contributed by atoms with Gasteiger partial charge in [0, 0.05) is 24.3 Å². The van der Waals surface area contributed by atoms with Crippen LogP contribution >= 0.6 is 0 Å². The number of ether oxygens (including phenoxy) is 1. The summed E-state index contributed by atoms with van der Waals surface area (Å²) in [4.78, 5) is 2.38. The number of hydrogen-bond donors (Lipinski definition) is 1. The van der Waals surface area contributed by atoms with Crippen molar-refractivity contribution in [1.82, 2.24) is 0 Å². The van der Waals surface area contributed by atoms with Crippen LogP contribution in [0.1, 0.15) is 12.0 Å². The van der Waals surface area contributed by atoms with Crippen molar-refractivity contribution < 1.29 is 4.74 Å². The van der Waals surface area contributed by atoms with Crippen molar-refractivity contribution in [2.45, 2.75) is 19.4 Å². The molecule has 3 heteroatoms. The van der Waals surface area contributed by atoms with E-state index >= 15 is 0 Å². The molecule has 1 unspecified atom stereocenters. The van der Waals surface area contributed by atoms with Crippen molar-refractivity contribution in [3.63, 3.8) is 0 Å². The van der Waals surface area contributed by atoms with Crippen molar-refractivity contribution in [3.8, 4) is 5.75 Å². The first-order valence-corrected chi connectivity index (χ1v) is 7.04. The van der Waals surface area contributed by atoms with Crippen LogP contribution in [0.5, 0.6) is 5.75 Å². The lowest BCUT2D eigenvalue weighted by Crippen LogP contribution is -2.24. The number of rotatable bonds is 3. The van der Waals surface area contributed by atoms with Gasteiger partial charge < -0.3 is 15.4 Å². The smallest absolute Gasteiger partial charge is 0.119 e. The molecule has 1 aliphatic heterocycles. The predicted molar refractivity (Wildman–Crippen MR) is 83.3 cm³/mol. The van der Waals surface area contributed by atoms with Gasteiger partial charge in [-0.2, -0.15) is 0 Å². The molecule has 1 atom stereocenters. The highest BCUT2D eigenvalue weighted by Gasteiger charge is 2.24. The van der Waals surface area contributed by atoms with Gasteiger partial charge in [0.1, 0.15) is 11.9 Å². The molecular weight excluding hydrogens is 248 g/mol. The summed E-state index contributed by atoms with van der Waals surface area (Å²) in [6.07, 6.45) is 1.30. The molecule has 0 spiro atoms. The first kappa shape index (κ1) is 12.9. The minimum Gasteiger partial charge on any atom is -0.489 e. The Morgan fingerprint density at radius 2 is 1.95 bits per heavy atom. The summed E-state index contributed by atoms with van der Waals surface area (Å²) in [7, 11) is 0. The van der Waals surface area contributed by atoms with E-state index in [0.717, 1.165) is 30.9 Å². The molecule has 20 heavy (non-hydrogen) atoms. The molecule has 3 nitrogen and oxygen atoms in total. The fourth-order valence-electron chi connectivity index (χ4n) is 2.62. The highest BCUT2D eigenvalue weighted by atomic mass is 16.5. The molecule has 0 saturated carbocycles. The van der Waals surface area contributed by atoms with Crippen LogP contribution in [0.2, 0.25) is 0 Å². The number of nitrogen functional groups attached to an aromatic ring is 1. The number of nitrogens with two attached hydrogens (primary N) is 1. The molecule has 2 aromatic carbocycles. The first-order valence-electron chi connectivity index (χ1n) is 7.04. The number of nitrogens with zero attached hydrogens (tertiary/aromatic N) is 1. The molecule has 0 amide bonds. The lowest BCUT2D eigenvalue weighted by atomic mass is 10.2. The SMILES string of the molecule is Cc1cccc(N2CCC(Oc3ccc(N)cc3)C2)c1. The second kappa shape index (κ2) is 5.45. The van der Waals surface area contributed by atoms with Crippen LogP contribution in [-0.2, 0) is 0 Å². The standard InChI is InChI=1S/C17H20N2O/c1-13-3-2-4-15(11-13)19-10-9-17(12-19)20-16-7-5-14(18)6-8-16/h2-8,11,17H,9-10,12,18H2,1H3. The minimum atomic E-state index is 0.249. The molecule has 1 heterocycles. The van der Waals surface area contributed by atoms with Crippen molar-refractivity contribution in [1.29, 1.82) is 0 Å². The van der Waals surface area contributed by atoms with Crippen LogP contribution in [0.3, 0.4) is 0 Å². The zero-order valence-corrected chi connectivity index (χ0v) is 11.8. The Hall–Kier alpha value is -2.16. The summed E-state index contributed by atoms with van der Waals surface area (Å²) in [5, 5.41) is 0. The van der Waals surface area contributed by atoms with E-state index < -0.39 is 0 Å². The predicted octanol–water partition coefficient (Wildman–Crippen LogP) is 3.23. The van der Waals surface area contributed by atoms with Crippen LogP contribution in [0.25, 0.3) is 0 Å². The van der Waals surface area contributed by atoms with E-state index in [2.05, 4.69) is 36.1 Å². The zero-order chi connectivity index (χ0) is 13.9. The van der Waals surface area contributed by atoms with E-state index in [9.17, 15) is 0 Å². The topological polar surface area (TPSA) is 38.5 Å². The molecule has 104 valence electrons. The van der Waals surface area contributed by atoms with Crippen LogP contribution < -0.4 is 15.4 Å². The van der Waals surface area contributed by atoms with Crippen LogP contribution in [-0.4, -0.2) is 19.2 Å². The fourth-order valence-corrected chi connectivity index (χ4v) is 2.62. The molecule has 0 radical (unpaired) electrons. The fraction of sp³-hybridized carbons (Fsp3) is 0.294. The Balaban J connectivity index is 1.63. The maximum absolute atomic E-state index is 6.02. The highest BCUT2D eigenvalue weighted by molar-refractivity contribution is 5.49. The Bertz CT molecular complexity index is 580. The molecule has 1 aliphatic rings. The van der Waals surface area contributed by atoms with Crippen LogP contribution in [0, 0.1) is 6.92 Å². The highest BCUT2D eigenvalue weighted by Crippen LogP contribution is 2.24. The van der Waals surface area contributed by atoms with E-state index in [1.165, 1.54) is 11.3 Å². The maximum atomic E-state index is 6.02. The maximum Gasteiger partial charge on any atom is 0.119 e. The Labute approximate surface area is 120 Å². The summed E-state index contributed by atoms with van der Waals surface area (Å²) in [6.45, 7) is 4.11. The molecule has 2 aromatic rings. The minimum absolute atomic E-state index is 0.249. The molecule has 1 fully saturated rings. The van der Waals surface area contributed by atoms with E-state index in [1.54, 1.807) is 0 Å². The third-order valence-electron chi connectivity index (χ3n) is 3.69. The van der Waals surface area contributed by atoms with Gasteiger partial charge in [-0.25, -0.2) is 0 Å². The molecule has 0 bridgehead atoms. The van der Waals surface area contributed by atoms with E-state index in [4.69, 9.17) is 10.5 Å². The van der Waals surface area contributed by atoms with Gasteiger partial charge in [-0.3, -0.25) is 0 Å². The first-order chi connectivity index (χ1) is 9.70. The van der Waals surface area contributed by atoms with Crippen molar-refractivity contribution in [2.75, 3.05) is 23.7 Å². The van der Waals surface area contributed by atoms with Crippen molar-refractivity contribution >= 4 is 11.4 Å². The van der Waals surface area contributed by atoms with Crippen molar-refractivity contribution in [2.24, 2.45) is 0 Å². The molecule has 3 rings (SSSR count). The van der Waals surface area contributed by atoms with Gasteiger partial charge >= 0.3 is 0 Å². The summed E-state index contributed by atoms with van der Waals surface area (Å²) in [5.41, 5.74) is 9.03. The number of benzene rings is 2. The molecule has 2 N–H and O–H groups in total. The molecular formula is C17H20N2O. The molecule has 0 aromatic heterocycles. The number of aryl methyl sites for hydroxylation is 1. The van der Waals surface area contributed by atoms with E-state index in [0.29, 0.717) is 0 Å². The Morgan fingerprint density at radius 3 is 2.70 bits per heavy atom. The van der Waals surface area contributed by atoms with Gasteiger partial charge in [-0.15, -0.1) is 0 Å². The van der Waals surface area contributed by atoms with Crippen LogP contribution in [0.4, 0.5) is 11.4 Å². The number of hydrogen-bond acceptors (Lipinski definition) is 3. The normalized spacial score (nSPS) is 18.2. The Morgan fingerprint density at radius 1 is 1.15 bits per heavy atom. The molecule has 0 aliphatic carbocycles. The van der Waals surface area contributed by atoms with Gasteiger partial charge in [-0.05, 0) is 48.9 Å². The van der Waals surface area contributed by atoms with E-state index in [-0.39, 0.29) is 6.10 Å². The summed E-state index contributed by atoms with van der Waals surface area (Å²) >= 11 is 0. The summed E-state index contributed by atoms with van der Waals surface area (Å²) in [5.74, 6) is 0.898. The molecule has 1 saturated heterocycles. The monoisotopic (exact) mass is 268 g/mol. The van der Waals surface area contributed by atoms with Gasteiger partial charge in [0.15, 0.2) is 0 Å². The average molecular weight is 268 g/mol. The van der Waals surface area contributed by atoms with Crippen LogP contribution in [0.15, 0.2) is 48.5 Å². The van der Waals surface area contributed by atoms with Crippen molar-refractivity contribution in [3.05, 3.63) is 54.1 Å². The lowest BCUT2D eigenvalue weighted by molar-refractivity contribution is 0.225. The van der Waals surface area contributed by atoms with Gasteiger partial charge in [-0.1, -0.05) is 12.1 Å². The lowest BCUT2D eigenvalue weighted by Gasteiger charge is -2.19. The largest absolute Gasteiger partial charge is 0.489 e. The zero-order valence-electron chi connectivity index (χ0n) is 11.8. The quantitative estimate of drug-likeness (QED) is 0.869.